The number of fused-ring (bicyclic) bond motifs is 6. The molecule has 39 nitrogen and oxygen atoms in total. The molecule has 40 heteroatoms. The molecule has 2 aromatic heterocycles. The Labute approximate surface area is 733 Å². The first-order valence-electron chi connectivity index (χ1n) is 43.6. The van der Waals surface area contributed by atoms with Crippen LogP contribution in [0.5, 0.6) is 0 Å². The van der Waals surface area contributed by atoms with Gasteiger partial charge in [0.1, 0.15) is 36.3 Å². The van der Waals surface area contributed by atoms with E-state index in [4.69, 9.17) is 17.2 Å². The van der Waals surface area contributed by atoms with Crippen LogP contribution in [-0.2, 0) is 80.0 Å². The number of nitrogens with zero attached hydrogens (tertiary/aromatic N) is 6. The van der Waals surface area contributed by atoms with Crippen molar-refractivity contribution < 1.29 is 97.5 Å². The second-order valence-corrected chi connectivity index (χ2v) is 37.0. The van der Waals surface area contributed by atoms with Gasteiger partial charge in [0.25, 0.3) is 0 Å². The first kappa shape index (κ1) is 101. The molecule has 0 spiro atoms. The zero-order valence-corrected chi connectivity index (χ0v) is 74.1. The van der Waals surface area contributed by atoms with E-state index in [1.807, 2.05) is 27.0 Å². The number of nitrogens with one attached hydrogen (secondary N) is 10. The second kappa shape index (κ2) is 46.7. The van der Waals surface area contributed by atoms with E-state index in [0.717, 1.165) is 6.42 Å². The molecule has 21 N–H and O–H groups in total. The number of aliphatic hydroxyl groups excluding tert-OH is 2. The number of carboxylic acid groups (broad SMARTS) is 3. The van der Waals surface area contributed by atoms with Gasteiger partial charge >= 0.3 is 17.9 Å². The number of aromatic amines is 1. The van der Waals surface area contributed by atoms with Gasteiger partial charge in [-0.1, -0.05) is 66.7 Å². The van der Waals surface area contributed by atoms with Crippen molar-refractivity contribution in [1.82, 2.24) is 82.0 Å². The summed E-state index contributed by atoms with van der Waals surface area (Å²) in [6, 6.07) is -2.11. The molecule has 4 aliphatic carbocycles. The zero-order chi connectivity index (χ0) is 91.9. The van der Waals surface area contributed by atoms with Crippen LogP contribution in [-0.4, -0.2) is 313 Å². The Morgan fingerprint density at radius 3 is 1.75 bits per heavy atom. The molecule has 1 saturated heterocycles. The standard InChI is InChI=1S/C85H133N19O20S/c1-47(2)32-61(80(121)97-60(77(88)118)21-31-125-9)98-81(122)63(36-54-38-89-46-92-54)96-70(110)40-91-82(123)76(48(3)4)99-78(119)50(6)93-79(120)62(33-51-41-104(64-13-11-10-12-55(51)64)83(124)59(86)17-18-67(87)107)95-68(108)19-14-49(5)56-15-16-57-75-58(37-66(106)85(56,57)8)84(7)22-20-53(34-52(84)35-65(75)105)94-69(109)39-90-71(111)42-100-23-25-101(43-72(112)113)27-29-103(45-74(116)117)30-28-102(26-24-100)44-73(114)115/h10-13,38,41,46-50,52-53,56-63,65-66,75-76,105-106H,14-37,39-40,42-45,86H2,1-9H3,(H2,87,107)(H2,88,118)(H,89,92)(H,90,111)(H,91,123)(H,93,120)(H,94,109)(H,95,108)(H,96,110)(H,97,121)(H,98,122)(H,99,119)(H,112,113)(H,114,115)(H,116,117)/t49-,50+,52+,53+,56-,57?,58?,59+,60+,61+,62+,63+,65-,66+,75?,76+,84+,85-/m1/s1. The lowest BCUT2D eigenvalue weighted by Gasteiger charge is -2.63. The van der Waals surface area contributed by atoms with Gasteiger partial charge in [-0.2, -0.15) is 11.8 Å². The van der Waals surface area contributed by atoms with Gasteiger partial charge in [0, 0.05) is 108 Å². The normalized spacial score (nSPS) is 24.7. The third kappa shape index (κ3) is 28.4. The van der Waals surface area contributed by atoms with E-state index in [0.29, 0.717) is 72.9 Å². The van der Waals surface area contributed by atoms with Crippen molar-refractivity contribution in [1.29, 1.82) is 0 Å². The highest BCUT2D eigenvalue weighted by molar-refractivity contribution is 7.98. The van der Waals surface area contributed by atoms with Gasteiger partial charge in [-0.25, -0.2) is 4.98 Å². The number of nitrogens with two attached hydrogens (primary N) is 3. The van der Waals surface area contributed by atoms with Gasteiger partial charge in [0.15, 0.2) is 0 Å². The molecule has 5 aliphatic rings. The van der Waals surface area contributed by atoms with E-state index in [1.165, 1.54) is 42.0 Å². The number of aromatic nitrogens is 3. The molecule has 3 aromatic rings. The summed E-state index contributed by atoms with van der Waals surface area (Å²) in [5, 5.41) is 79.1. The lowest BCUT2D eigenvalue weighted by Crippen LogP contribution is -2.63. The summed E-state index contributed by atoms with van der Waals surface area (Å²) in [5.74, 6) is -12.0. The Balaban J connectivity index is 0.887. The van der Waals surface area contributed by atoms with E-state index < -0.39 is 161 Å². The van der Waals surface area contributed by atoms with E-state index in [2.05, 4.69) is 71.7 Å². The van der Waals surface area contributed by atoms with Crippen molar-refractivity contribution in [3.8, 4) is 0 Å². The number of carboxylic acids is 3. The number of aliphatic hydroxyl groups is 2. The van der Waals surface area contributed by atoms with Crippen LogP contribution < -0.4 is 65.1 Å². The number of hydrogen-bond donors (Lipinski definition) is 18. The second-order valence-electron chi connectivity index (χ2n) is 36.0. The molecule has 3 heterocycles. The number of para-hydroxylation sites is 1. The van der Waals surface area contributed by atoms with Crippen LogP contribution in [0.1, 0.15) is 155 Å². The van der Waals surface area contributed by atoms with Crippen LogP contribution in [0.3, 0.4) is 0 Å². The lowest BCUT2D eigenvalue weighted by molar-refractivity contribution is -0.202. The fourth-order valence-electron chi connectivity index (χ4n) is 19.5. The number of aliphatic carboxylic acids is 3. The van der Waals surface area contributed by atoms with Crippen LogP contribution in [0.25, 0.3) is 10.9 Å². The third-order valence-electron chi connectivity index (χ3n) is 26.3. The van der Waals surface area contributed by atoms with Crippen molar-refractivity contribution in [2.24, 2.45) is 75.4 Å². The average molecular weight is 1770 g/mol. The molecule has 125 heavy (non-hydrogen) atoms. The zero-order valence-electron chi connectivity index (χ0n) is 73.3. The minimum atomic E-state index is -1.40. The summed E-state index contributed by atoms with van der Waals surface area (Å²) in [6.45, 7) is 14.3. The van der Waals surface area contributed by atoms with Gasteiger partial charge < -0.3 is 95.6 Å². The van der Waals surface area contributed by atoms with Crippen molar-refractivity contribution in [3.05, 3.63) is 54.2 Å². The van der Waals surface area contributed by atoms with E-state index >= 15 is 0 Å². The van der Waals surface area contributed by atoms with Crippen molar-refractivity contribution in [3.63, 3.8) is 0 Å². The Bertz CT molecular complexity index is 4240. The number of rotatable bonds is 43. The molecule has 11 amide bonds. The van der Waals surface area contributed by atoms with E-state index in [-0.39, 0.29) is 183 Å². The number of carbonyl (C=O) groups excluding carboxylic acids is 12. The largest absolute Gasteiger partial charge is 0.480 e. The maximum Gasteiger partial charge on any atom is 0.317 e. The predicted molar refractivity (Wildman–Crippen MR) is 462 cm³/mol. The topological polar surface area (TPSA) is 590 Å². The Hall–Kier alpha value is -9.71. The summed E-state index contributed by atoms with van der Waals surface area (Å²) in [5.41, 5.74) is 17.7. The van der Waals surface area contributed by atoms with Crippen LogP contribution in [0.15, 0.2) is 43.0 Å². The number of hydrogen-bond acceptors (Lipinski definition) is 24. The lowest BCUT2D eigenvalue weighted by atomic mass is 9.43. The van der Waals surface area contributed by atoms with Crippen LogP contribution in [0.2, 0.25) is 0 Å². The number of carbonyl (C=O) groups is 15. The molecule has 4 saturated carbocycles. The van der Waals surface area contributed by atoms with E-state index in [9.17, 15) is 97.5 Å². The van der Waals surface area contributed by atoms with Crippen LogP contribution in [0.4, 0.5) is 0 Å². The molecule has 0 radical (unpaired) electrons. The summed E-state index contributed by atoms with van der Waals surface area (Å²) >= 11 is 1.46. The highest BCUT2D eigenvalue weighted by Gasteiger charge is 2.66. The highest BCUT2D eigenvalue weighted by atomic mass is 32.2. The molecular formula is C85H133N19O20S. The monoisotopic (exact) mass is 1770 g/mol. The molecular weight excluding hydrogens is 1640 g/mol. The fourth-order valence-corrected chi connectivity index (χ4v) is 20.0. The summed E-state index contributed by atoms with van der Waals surface area (Å²) in [6.07, 6.45) is 8.97. The van der Waals surface area contributed by atoms with Gasteiger partial charge in [-0.3, -0.25) is 96.1 Å². The quantitative estimate of drug-likeness (QED) is 0.0305. The van der Waals surface area contributed by atoms with Crippen LogP contribution in [0, 0.1) is 58.2 Å². The van der Waals surface area contributed by atoms with Crippen molar-refractivity contribution in [2.75, 3.05) is 104 Å². The molecule has 1 aliphatic heterocycles. The fraction of sp³-hybridized carbons (Fsp3) is 0.694. The van der Waals surface area contributed by atoms with Gasteiger partial charge in [-0.15, -0.1) is 0 Å². The predicted octanol–water partition coefficient (Wildman–Crippen LogP) is -1.54. The van der Waals surface area contributed by atoms with Gasteiger partial charge in [0.2, 0.25) is 70.9 Å². The van der Waals surface area contributed by atoms with Gasteiger partial charge in [-0.05, 0) is 159 Å². The van der Waals surface area contributed by atoms with Gasteiger partial charge in [0.05, 0.1) is 69.4 Å². The third-order valence-corrected chi connectivity index (χ3v) is 27.0. The minimum Gasteiger partial charge on any atom is -0.480 e. The summed E-state index contributed by atoms with van der Waals surface area (Å²) < 4.78 is 1.32. The van der Waals surface area contributed by atoms with Crippen LogP contribution >= 0.6 is 11.8 Å². The first-order valence-corrected chi connectivity index (χ1v) is 45.0. The smallest absolute Gasteiger partial charge is 0.317 e. The Morgan fingerprint density at radius 2 is 1.18 bits per heavy atom. The van der Waals surface area contributed by atoms with Crippen molar-refractivity contribution in [2.45, 2.75) is 212 Å². The minimum absolute atomic E-state index is 0.0177. The molecule has 18 atom stereocenters. The molecule has 694 valence electrons. The number of thioether (sulfide) groups is 1. The molecule has 0 bridgehead atoms. The maximum absolute atomic E-state index is 14.9. The number of imidazole rings is 1. The number of H-pyrrole nitrogens is 1. The maximum atomic E-state index is 14.9. The number of amides is 11. The van der Waals surface area contributed by atoms with E-state index in [1.54, 1.807) is 57.7 Å². The molecule has 3 unspecified atom stereocenters. The molecule has 5 fully saturated rings. The Morgan fingerprint density at radius 1 is 0.600 bits per heavy atom. The Kier molecular flexibility index (Phi) is 37.6. The van der Waals surface area contributed by atoms with Crippen molar-refractivity contribution >= 4 is 111 Å². The summed E-state index contributed by atoms with van der Waals surface area (Å²) in [7, 11) is 0. The first-order chi connectivity index (χ1) is 59.1. The number of benzene rings is 1. The highest BCUT2D eigenvalue weighted by Crippen LogP contribution is 2.68. The summed E-state index contributed by atoms with van der Waals surface area (Å²) in [4.78, 5) is 213. The average Bonchev–Trinajstić information content (AvgIpc) is 1.66. The molecule has 8 rings (SSSR count). The number of primary amides is 2. The molecule has 1 aromatic carbocycles. The SMILES string of the molecule is CSCC[C@H](NC(=O)[C@H](CC(C)C)NC(=O)[C@H](Cc1cnc[nH]1)NC(=O)CNC(=O)[C@@H](NC(=O)[C@H](C)NC(=O)[C@H](Cc1cn(C(=O)[C@@H](N)CCC(N)=O)c2ccccc12)NC(=O)CC[C@@H](C)[C@H]1CCC2C3C(C[C@H](O)[C@@]21C)[C@@]1(C)CC[C@H](NC(=O)CNC(=O)CN2CCN(CC(=O)O)CCN(CC(=O)O)CCN(CC(=O)O)CC2)C[C@H]1C[C@H]3O)C(C)C)C(N)=O.